The second-order valence-electron chi connectivity index (χ2n) is 5.95. The molecule has 136 valence electrons. The summed E-state index contributed by atoms with van der Waals surface area (Å²) in [5, 5.41) is 3.21. The standard InChI is InChI=1S/C17H17N3O4S2/c18-17(21)11-9-14-16(19-12-3-1-2-4-13(12)25-14)15(10-11)26(22,23)20-5-7-24-8-6-20/h1-4,9-10,19H,5-8H2,(H2,18,21). The van der Waals surface area contributed by atoms with Crippen LogP contribution < -0.4 is 11.1 Å². The van der Waals surface area contributed by atoms with Gasteiger partial charge in [-0.25, -0.2) is 8.42 Å². The van der Waals surface area contributed by atoms with Crippen LogP contribution in [0.15, 0.2) is 51.1 Å². The summed E-state index contributed by atoms with van der Waals surface area (Å²) in [5.41, 5.74) is 6.91. The molecule has 9 heteroatoms. The Morgan fingerprint density at radius 2 is 1.88 bits per heavy atom. The Morgan fingerprint density at radius 1 is 1.15 bits per heavy atom. The number of hydrogen-bond donors (Lipinski definition) is 2. The Kier molecular flexibility index (Phi) is 4.39. The fourth-order valence-corrected chi connectivity index (χ4v) is 5.71. The summed E-state index contributed by atoms with van der Waals surface area (Å²) in [6.45, 7) is 1.26. The molecule has 3 N–H and O–H groups in total. The summed E-state index contributed by atoms with van der Waals surface area (Å²) in [6, 6.07) is 10.6. The molecule has 0 saturated carbocycles. The molecular weight excluding hydrogens is 374 g/mol. The SMILES string of the molecule is NC(=O)c1cc2c(c(S(=O)(=O)N3CCOCC3)c1)Nc1ccccc1S2. The second-order valence-corrected chi connectivity index (χ2v) is 8.94. The summed E-state index contributed by atoms with van der Waals surface area (Å²) < 4.78 is 33.1. The molecule has 1 amide bonds. The highest BCUT2D eigenvalue weighted by atomic mass is 32.2. The molecule has 7 nitrogen and oxygen atoms in total. The average molecular weight is 391 g/mol. The third kappa shape index (κ3) is 2.96. The number of nitrogens with one attached hydrogen (secondary N) is 1. The van der Waals surface area contributed by atoms with Crippen LogP contribution in [0.1, 0.15) is 10.4 Å². The number of ether oxygens (including phenoxy) is 1. The van der Waals surface area contributed by atoms with Crippen LogP contribution in [0, 0.1) is 0 Å². The molecule has 1 fully saturated rings. The number of carbonyl (C=O) groups excluding carboxylic acids is 1. The number of primary amides is 1. The minimum Gasteiger partial charge on any atom is -0.379 e. The number of nitrogens with two attached hydrogens (primary N) is 1. The number of hydrogen-bond acceptors (Lipinski definition) is 6. The molecule has 4 rings (SSSR count). The van der Waals surface area contributed by atoms with E-state index >= 15 is 0 Å². The lowest BCUT2D eigenvalue weighted by atomic mass is 10.2. The Hall–Kier alpha value is -2.07. The van der Waals surface area contributed by atoms with Crippen LogP contribution in [-0.2, 0) is 14.8 Å². The molecule has 0 aliphatic carbocycles. The van der Waals surface area contributed by atoms with E-state index in [1.165, 1.54) is 22.1 Å². The van der Waals surface area contributed by atoms with Gasteiger partial charge in [0.2, 0.25) is 15.9 Å². The van der Waals surface area contributed by atoms with Crippen LogP contribution in [0.2, 0.25) is 0 Å². The van der Waals surface area contributed by atoms with Gasteiger partial charge < -0.3 is 15.8 Å². The van der Waals surface area contributed by atoms with Crippen molar-refractivity contribution in [3.05, 3.63) is 42.0 Å². The molecule has 0 atom stereocenters. The third-order valence-corrected chi connectivity index (χ3v) is 7.35. The van der Waals surface area contributed by atoms with Gasteiger partial charge >= 0.3 is 0 Å². The maximum Gasteiger partial charge on any atom is 0.248 e. The van der Waals surface area contributed by atoms with Gasteiger partial charge in [0.05, 0.1) is 24.6 Å². The first kappa shape index (κ1) is 17.3. The van der Waals surface area contributed by atoms with Crippen molar-refractivity contribution >= 4 is 39.1 Å². The predicted octanol–water partition coefficient (Wildman–Crippen LogP) is 2.01. The summed E-state index contributed by atoms with van der Waals surface area (Å²) in [7, 11) is -3.79. The molecular formula is C17H17N3O4S2. The number of carbonyl (C=O) groups is 1. The largest absolute Gasteiger partial charge is 0.379 e. The minimum atomic E-state index is -3.79. The predicted molar refractivity (Wildman–Crippen MR) is 98.4 cm³/mol. The zero-order valence-corrected chi connectivity index (χ0v) is 15.4. The topological polar surface area (TPSA) is 102 Å². The van der Waals surface area contributed by atoms with Crippen LogP contribution in [0.5, 0.6) is 0 Å². The summed E-state index contributed by atoms with van der Waals surface area (Å²) in [5.74, 6) is -0.661. The van der Waals surface area contributed by atoms with Gasteiger partial charge in [0, 0.05) is 28.4 Å². The number of fused-ring (bicyclic) bond motifs is 2. The summed E-state index contributed by atoms with van der Waals surface area (Å²) >= 11 is 1.41. The Labute approximate surface area is 155 Å². The van der Waals surface area contributed by atoms with E-state index in [0.29, 0.717) is 23.8 Å². The Balaban J connectivity index is 1.87. The minimum absolute atomic E-state index is 0.0627. The number of nitrogens with zero attached hydrogens (tertiary/aromatic N) is 1. The number of para-hydroxylation sites is 1. The molecule has 0 unspecified atom stereocenters. The average Bonchev–Trinajstić information content (AvgIpc) is 2.66. The summed E-state index contributed by atoms with van der Waals surface area (Å²) in [4.78, 5) is 13.4. The maximum absolute atomic E-state index is 13.2. The van der Waals surface area contributed by atoms with Gasteiger partial charge in [-0.3, -0.25) is 4.79 Å². The molecule has 0 aromatic heterocycles. The van der Waals surface area contributed by atoms with Crippen LogP contribution in [0.3, 0.4) is 0 Å². The maximum atomic E-state index is 13.2. The van der Waals surface area contributed by atoms with Gasteiger partial charge in [-0.15, -0.1) is 0 Å². The van der Waals surface area contributed by atoms with E-state index in [-0.39, 0.29) is 23.5 Å². The van der Waals surface area contributed by atoms with Gasteiger partial charge in [-0.1, -0.05) is 23.9 Å². The molecule has 0 bridgehead atoms. The molecule has 26 heavy (non-hydrogen) atoms. The zero-order valence-electron chi connectivity index (χ0n) is 13.8. The smallest absolute Gasteiger partial charge is 0.248 e. The van der Waals surface area contributed by atoms with Crippen molar-refractivity contribution in [2.24, 2.45) is 5.73 Å². The first-order valence-corrected chi connectivity index (χ1v) is 10.3. The third-order valence-electron chi connectivity index (χ3n) is 4.31. The van der Waals surface area contributed by atoms with Crippen molar-refractivity contribution < 1.29 is 17.9 Å². The lowest BCUT2D eigenvalue weighted by Crippen LogP contribution is -2.41. The zero-order chi connectivity index (χ0) is 18.3. The first-order chi connectivity index (χ1) is 12.5. The van der Waals surface area contributed by atoms with Gasteiger partial charge in [0.15, 0.2) is 0 Å². The van der Waals surface area contributed by atoms with Crippen LogP contribution >= 0.6 is 11.8 Å². The van der Waals surface area contributed by atoms with E-state index in [0.717, 1.165) is 10.6 Å². The quantitative estimate of drug-likeness (QED) is 0.708. The van der Waals surface area contributed by atoms with Gasteiger partial charge in [0.1, 0.15) is 4.90 Å². The monoisotopic (exact) mass is 391 g/mol. The van der Waals surface area contributed by atoms with E-state index in [4.69, 9.17) is 10.5 Å². The second kappa shape index (κ2) is 6.58. The van der Waals surface area contributed by atoms with Crippen LogP contribution in [0.4, 0.5) is 11.4 Å². The molecule has 0 radical (unpaired) electrons. The van der Waals surface area contributed by atoms with Crippen molar-refractivity contribution in [1.29, 1.82) is 0 Å². The Bertz CT molecular complexity index is 985. The van der Waals surface area contributed by atoms with Crippen molar-refractivity contribution in [3.8, 4) is 0 Å². The molecule has 2 aliphatic heterocycles. The van der Waals surface area contributed by atoms with Crippen LogP contribution in [-0.4, -0.2) is 44.9 Å². The number of rotatable bonds is 3. The van der Waals surface area contributed by atoms with Gasteiger partial charge in [-0.05, 0) is 24.3 Å². The van der Waals surface area contributed by atoms with Crippen molar-refractivity contribution in [2.45, 2.75) is 14.7 Å². The van der Waals surface area contributed by atoms with E-state index in [9.17, 15) is 13.2 Å². The van der Waals surface area contributed by atoms with E-state index in [1.54, 1.807) is 6.07 Å². The highest BCUT2D eigenvalue weighted by Crippen LogP contribution is 2.47. The van der Waals surface area contributed by atoms with Crippen molar-refractivity contribution in [3.63, 3.8) is 0 Å². The number of morpholine rings is 1. The van der Waals surface area contributed by atoms with Gasteiger partial charge in [0.25, 0.3) is 0 Å². The van der Waals surface area contributed by atoms with E-state index in [2.05, 4.69) is 5.32 Å². The molecule has 2 aliphatic rings. The van der Waals surface area contributed by atoms with E-state index < -0.39 is 15.9 Å². The fraction of sp³-hybridized carbons (Fsp3) is 0.235. The first-order valence-electron chi connectivity index (χ1n) is 8.06. The lowest BCUT2D eigenvalue weighted by molar-refractivity contribution is 0.0730. The highest BCUT2D eigenvalue weighted by molar-refractivity contribution is 7.99. The fourth-order valence-electron chi connectivity index (χ4n) is 2.98. The molecule has 1 saturated heterocycles. The van der Waals surface area contributed by atoms with E-state index in [1.807, 2.05) is 24.3 Å². The van der Waals surface area contributed by atoms with Crippen LogP contribution in [0.25, 0.3) is 0 Å². The summed E-state index contributed by atoms with van der Waals surface area (Å²) in [6.07, 6.45) is 0. The molecule has 0 spiro atoms. The Morgan fingerprint density at radius 3 is 2.62 bits per heavy atom. The molecule has 2 aromatic carbocycles. The molecule has 2 aromatic rings. The number of anilines is 2. The van der Waals surface area contributed by atoms with Gasteiger partial charge in [-0.2, -0.15) is 4.31 Å². The number of sulfonamides is 1. The number of benzene rings is 2. The normalized spacial score (nSPS) is 17.1. The van der Waals surface area contributed by atoms with Crippen molar-refractivity contribution in [2.75, 3.05) is 31.6 Å². The number of amides is 1. The lowest BCUT2D eigenvalue weighted by Gasteiger charge is -2.29. The molecule has 2 heterocycles. The highest BCUT2D eigenvalue weighted by Gasteiger charge is 2.32. The van der Waals surface area contributed by atoms with Crippen molar-refractivity contribution in [1.82, 2.24) is 4.31 Å².